The van der Waals surface area contributed by atoms with E-state index in [9.17, 15) is 4.79 Å². The Bertz CT molecular complexity index is 389. The van der Waals surface area contributed by atoms with Crippen LogP contribution in [0.1, 0.15) is 18.9 Å². The van der Waals surface area contributed by atoms with Gasteiger partial charge >= 0.3 is 0 Å². The highest BCUT2D eigenvalue weighted by atomic mass is 32.1. The first-order valence-electron chi connectivity index (χ1n) is 5.54. The van der Waals surface area contributed by atoms with E-state index in [0.29, 0.717) is 24.5 Å². The summed E-state index contributed by atoms with van der Waals surface area (Å²) in [6.45, 7) is 3.18. The second kappa shape index (κ2) is 6.85. The molecule has 0 fully saturated rings. The molecule has 17 heavy (non-hydrogen) atoms. The van der Waals surface area contributed by atoms with Gasteiger partial charge in [-0.25, -0.2) is 0 Å². The van der Waals surface area contributed by atoms with Crippen LogP contribution in [0.5, 0.6) is 0 Å². The third kappa shape index (κ3) is 4.82. The fourth-order valence-electron chi connectivity index (χ4n) is 1.36. The molecule has 92 valence electrons. The summed E-state index contributed by atoms with van der Waals surface area (Å²) in [6, 6.07) is 7.51. The van der Waals surface area contributed by atoms with Crippen molar-refractivity contribution in [1.82, 2.24) is 5.32 Å². The number of carbonyl (C=O) groups is 1. The molecule has 1 aromatic rings. The first-order chi connectivity index (χ1) is 8.13. The summed E-state index contributed by atoms with van der Waals surface area (Å²) in [7, 11) is 0. The van der Waals surface area contributed by atoms with Crippen molar-refractivity contribution < 1.29 is 4.79 Å². The maximum Gasteiger partial charge on any atom is 0.221 e. The summed E-state index contributed by atoms with van der Waals surface area (Å²) in [5.74, 6) is 0.0553. The normalized spacial score (nSPS) is 9.71. The van der Waals surface area contributed by atoms with Crippen molar-refractivity contribution in [2.45, 2.75) is 13.3 Å². The number of hydrogen-bond acceptors (Lipinski definition) is 3. The predicted octanol–water partition coefficient (Wildman–Crippen LogP) is 1.26. The van der Waals surface area contributed by atoms with Gasteiger partial charge in [0.15, 0.2) is 0 Å². The molecule has 1 rings (SSSR count). The molecular formula is C12H17N3OS. The number of rotatable bonds is 6. The minimum atomic E-state index is 0.0553. The lowest BCUT2D eigenvalue weighted by molar-refractivity contribution is -0.120. The third-order valence-corrected chi connectivity index (χ3v) is 2.46. The first kappa shape index (κ1) is 13.4. The Morgan fingerprint density at radius 1 is 1.35 bits per heavy atom. The number of benzene rings is 1. The molecule has 0 saturated heterocycles. The number of thiocarbonyl (C=S) groups is 1. The van der Waals surface area contributed by atoms with Gasteiger partial charge in [-0.2, -0.15) is 0 Å². The summed E-state index contributed by atoms with van der Waals surface area (Å²) >= 11 is 4.86. The highest BCUT2D eigenvalue weighted by Gasteiger charge is 1.99. The second-order valence-electron chi connectivity index (χ2n) is 3.57. The van der Waals surface area contributed by atoms with E-state index in [-0.39, 0.29) is 5.91 Å². The molecule has 0 unspecified atom stereocenters. The standard InChI is InChI=1S/C12H17N3OS/c1-2-14-11(16)7-8-15-10-5-3-9(4-6-10)12(13)17/h3-6,15H,2,7-8H2,1H3,(H2,13,17)(H,14,16). The van der Waals surface area contributed by atoms with Gasteiger partial charge in [0.1, 0.15) is 4.99 Å². The van der Waals surface area contributed by atoms with E-state index in [1.54, 1.807) is 0 Å². The van der Waals surface area contributed by atoms with E-state index in [1.807, 2.05) is 31.2 Å². The predicted molar refractivity (Wildman–Crippen MR) is 74.1 cm³/mol. The van der Waals surface area contributed by atoms with Gasteiger partial charge in [-0.1, -0.05) is 12.2 Å². The van der Waals surface area contributed by atoms with E-state index in [4.69, 9.17) is 18.0 Å². The zero-order valence-corrected chi connectivity index (χ0v) is 10.6. The molecule has 0 radical (unpaired) electrons. The Morgan fingerprint density at radius 2 is 2.00 bits per heavy atom. The summed E-state index contributed by atoms with van der Waals surface area (Å²) in [4.78, 5) is 11.6. The van der Waals surface area contributed by atoms with Gasteiger partial charge in [-0.05, 0) is 31.2 Å². The van der Waals surface area contributed by atoms with Gasteiger partial charge < -0.3 is 16.4 Å². The molecule has 0 aromatic heterocycles. The molecule has 0 aliphatic heterocycles. The quantitative estimate of drug-likeness (QED) is 0.666. The van der Waals surface area contributed by atoms with Gasteiger partial charge in [0.05, 0.1) is 0 Å². The summed E-state index contributed by atoms with van der Waals surface area (Å²) in [5.41, 5.74) is 7.29. The highest BCUT2D eigenvalue weighted by molar-refractivity contribution is 7.80. The van der Waals surface area contributed by atoms with Crippen LogP contribution < -0.4 is 16.4 Å². The van der Waals surface area contributed by atoms with Crippen LogP contribution in [0.4, 0.5) is 5.69 Å². The Balaban J connectivity index is 2.37. The molecule has 4 N–H and O–H groups in total. The number of nitrogens with two attached hydrogens (primary N) is 1. The smallest absolute Gasteiger partial charge is 0.221 e. The van der Waals surface area contributed by atoms with Gasteiger partial charge in [-0.3, -0.25) is 4.79 Å². The fraction of sp³-hybridized carbons (Fsp3) is 0.333. The highest BCUT2D eigenvalue weighted by Crippen LogP contribution is 2.09. The van der Waals surface area contributed by atoms with Crippen molar-refractivity contribution >= 4 is 28.8 Å². The van der Waals surface area contributed by atoms with Crippen LogP contribution in [0.15, 0.2) is 24.3 Å². The van der Waals surface area contributed by atoms with Crippen LogP contribution >= 0.6 is 12.2 Å². The molecule has 0 atom stereocenters. The topological polar surface area (TPSA) is 67.2 Å². The molecule has 4 nitrogen and oxygen atoms in total. The van der Waals surface area contributed by atoms with E-state index in [2.05, 4.69) is 10.6 Å². The molecule has 0 bridgehead atoms. The largest absolute Gasteiger partial charge is 0.389 e. The molecule has 1 aromatic carbocycles. The van der Waals surface area contributed by atoms with Crippen molar-refractivity contribution in [2.24, 2.45) is 5.73 Å². The van der Waals surface area contributed by atoms with Crippen LogP contribution in [0.2, 0.25) is 0 Å². The minimum absolute atomic E-state index is 0.0553. The number of carbonyl (C=O) groups excluding carboxylic acids is 1. The maximum atomic E-state index is 11.2. The van der Waals surface area contributed by atoms with Crippen LogP contribution in [-0.2, 0) is 4.79 Å². The lowest BCUT2D eigenvalue weighted by atomic mass is 10.2. The van der Waals surface area contributed by atoms with E-state index in [1.165, 1.54) is 0 Å². The Hall–Kier alpha value is -1.62. The third-order valence-electron chi connectivity index (χ3n) is 2.22. The van der Waals surface area contributed by atoms with Crippen LogP contribution in [-0.4, -0.2) is 24.0 Å². The molecular weight excluding hydrogens is 234 g/mol. The summed E-state index contributed by atoms with van der Waals surface area (Å²) in [6.07, 6.45) is 0.463. The molecule has 0 heterocycles. The molecule has 0 saturated carbocycles. The van der Waals surface area contributed by atoms with Gasteiger partial charge in [0.25, 0.3) is 0 Å². The average molecular weight is 251 g/mol. The van der Waals surface area contributed by atoms with Crippen LogP contribution in [0.3, 0.4) is 0 Å². The number of anilines is 1. The first-order valence-corrected chi connectivity index (χ1v) is 5.94. The zero-order chi connectivity index (χ0) is 12.7. The maximum absolute atomic E-state index is 11.2. The van der Waals surface area contributed by atoms with Gasteiger partial charge in [-0.15, -0.1) is 0 Å². The SMILES string of the molecule is CCNC(=O)CCNc1ccc(C(N)=S)cc1. The van der Waals surface area contributed by atoms with Crippen molar-refractivity contribution in [1.29, 1.82) is 0 Å². The van der Waals surface area contributed by atoms with Crippen LogP contribution in [0, 0.1) is 0 Å². The summed E-state index contributed by atoms with van der Waals surface area (Å²) < 4.78 is 0. The Labute approximate surface area is 107 Å². The average Bonchev–Trinajstić information content (AvgIpc) is 2.30. The number of amides is 1. The monoisotopic (exact) mass is 251 g/mol. The molecule has 1 amide bonds. The van der Waals surface area contributed by atoms with Crippen molar-refractivity contribution in [3.8, 4) is 0 Å². The van der Waals surface area contributed by atoms with E-state index < -0.39 is 0 Å². The lowest BCUT2D eigenvalue weighted by Gasteiger charge is -2.07. The van der Waals surface area contributed by atoms with Gasteiger partial charge in [0, 0.05) is 30.8 Å². The van der Waals surface area contributed by atoms with Crippen molar-refractivity contribution in [3.63, 3.8) is 0 Å². The number of nitrogens with one attached hydrogen (secondary N) is 2. The molecule has 0 spiro atoms. The molecule has 5 heteroatoms. The molecule has 0 aliphatic rings. The zero-order valence-electron chi connectivity index (χ0n) is 9.82. The second-order valence-corrected chi connectivity index (χ2v) is 4.01. The minimum Gasteiger partial charge on any atom is -0.389 e. The lowest BCUT2D eigenvalue weighted by Crippen LogP contribution is -2.24. The van der Waals surface area contributed by atoms with Crippen LogP contribution in [0.25, 0.3) is 0 Å². The van der Waals surface area contributed by atoms with E-state index in [0.717, 1.165) is 11.3 Å². The fourth-order valence-corrected chi connectivity index (χ4v) is 1.49. The van der Waals surface area contributed by atoms with E-state index >= 15 is 0 Å². The Kier molecular flexibility index (Phi) is 5.42. The summed E-state index contributed by atoms with van der Waals surface area (Å²) in [5, 5.41) is 5.90. The number of hydrogen-bond donors (Lipinski definition) is 3. The van der Waals surface area contributed by atoms with Crippen molar-refractivity contribution in [3.05, 3.63) is 29.8 Å². The molecule has 0 aliphatic carbocycles. The Morgan fingerprint density at radius 3 is 2.53 bits per heavy atom. The van der Waals surface area contributed by atoms with Crippen molar-refractivity contribution in [2.75, 3.05) is 18.4 Å². The van der Waals surface area contributed by atoms with Gasteiger partial charge in [0.2, 0.25) is 5.91 Å².